The van der Waals surface area contributed by atoms with E-state index in [1.54, 1.807) is 4.90 Å². The van der Waals surface area contributed by atoms with Crippen molar-refractivity contribution in [1.29, 1.82) is 0 Å². The summed E-state index contributed by atoms with van der Waals surface area (Å²) in [5, 5.41) is 16.9. The second-order valence-electron chi connectivity index (χ2n) is 10.7. The molecule has 0 radical (unpaired) electrons. The van der Waals surface area contributed by atoms with Gasteiger partial charge in [-0.15, -0.1) is 0 Å². The fraction of sp³-hybridized carbons (Fsp3) is 0.571. The molecule has 2 aromatic rings. The Labute approximate surface area is 213 Å². The maximum absolute atomic E-state index is 13.3. The number of nitrogens with zero attached hydrogens (tertiary/aromatic N) is 1. The van der Waals surface area contributed by atoms with Gasteiger partial charge in [0, 0.05) is 37.1 Å². The highest BCUT2D eigenvalue weighted by Gasteiger charge is 2.38. The van der Waals surface area contributed by atoms with E-state index in [2.05, 4.69) is 10.6 Å². The number of likely N-dealkylation sites (tertiary alicyclic amines) is 1. The lowest BCUT2D eigenvalue weighted by molar-refractivity contribution is -0.135. The maximum Gasteiger partial charge on any atom is 0.242 e. The molecule has 1 aliphatic rings. The molecule has 1 aliphatic heterocycles. The summed E-state index contributed by atoms with van der Waals surface area (Å²) in [7, 11) is 0. The number of piperidine rings is 1. The lowest BCUT2D eigenvalue weighted by Crippen LogP contribution is -2.54. The number of aliphatic hydroxyl groups is 1. The summed E-state index contributed by atoms with van der Waals surface area (Å²) in [6.45, 7) is 10.3. The van der Waals surface area contributed by atoms with Crippen LogP contribution in [0.1, 0.15) is 65.5 Å². The second kappa shape index (κ2) is 11.8. The molecule has 3 N–H and O–H groups in total. The molecule has 3 amide bonds. The zero-order chi connectivity index (χ0) is 26.6. The molecule has 0 saturated carbocycles. The molecule has 0 spiro atoms. The van der Waals surface area contributed by atoms with Crippen molar-refractivity contribution in [2.45, 2.75) is 72.1 Å². The first-order valence-corrected chi connectivity index (χ1v) is 12.9. The number of carbonyl (C=O) groups excluding carboxylic acids is 3. The average molecular weight is 498 g/mol. The number of hydrogen-bond acceptors (Lipinski definition) is 5. The Morgan fingerprint density at radius 2 is 1.64 bits per heavy atom. The van der Waals surface area contributed by atoms with E-state index < -0.39 is 18.2 Å². The van der Waals surface area contributed by atoms with E-state index in [1.165, 1.54) is 6.92 Å². The lowest BCUT2D eigenvalue weighted by Gasteiger charge is -2.32. The van der Waals surface area contributed by atoms with E-state index in [-0.39, 0.29) is 40.9 Å². The minimum atomic E-state index is -1.14. The Morgan fingerprint density at radius 1 is 1.03 bits per heavy atom. The summed E-state index contributed by atoms with van der Waals surface area (Å²) >= 11 is 0. The Kier molecular flexibility index (Phi) is 9.06. The van der Waals surface area contributed by atoms with E-state index in [9.17, 15) is 24.3 Å². The van der Waals surface area contributed by atoms with Crippen LogP contribution >= 0.6 is 0 Å². The van der Waals surface area contributed by atoms with Crippen LogP contribution in [-0.4, -0.2) is 52.9 Å². The minimum Gasteiger partial charge on any atom is -0.386 e. The average Bonchev–Trinajstić information content (AvgIpc) is 3.52. The molecule has 8 heteroatoms. The molecule has 2 aromatic carbocycles. The Balaban J connectivity index is 1.68. The number of amides is 3. The molecule has 0 unspecified atom stereocenters. The van der Waals surface area contributed by atoms with Crippen LogP contribution in [-0.2, 0) is 14.4 Å². The van der Waals surface area contributed by atoms with Crippen molar-refractivity contribution in [3.05, 3.63) is 46.1 Å². The van der Waals surface area contributed by atoms with E-state index in [0.29, 0.717) is 43.5 Å². The fourth-order valence-corrected chi connectivity index (χ4v) is 4.86. The number of nitrogens with one attached hydrogen (secondary N) is 2. The summed E-state index contributed by atoms with van der Waals surface area (Å²) in [5.41, 5.74) is 1.41. The highest BCUT2D eigenvalue weighted by Crippen LogP contribution is 2.33. The van der Waals surface area contributed by atoms with Gasteiger partial charge in [-0.3, -0.25) is 19.2 Å². The zero-order valence-electron chi connectivity index (χ0n) is 21.9. The highest BCUT2D eigenvalue weighted by atomic mass is 16.3. The van der Waals surface area contributed by atoms with Gasteiger partial charge >= 0.3 is 0 Å². The van der Waals surface area contributed by atoms with E-state index >= 15 is 0 Å². The lowest BCUT2D eigenvalue weighted by atomic mass is 9.93. The van der Waals surface area contributed by atoms with Crippen LogP contribution in [0, 0.1) is 17.8 Å². The van der Waals surface area contributed by atoms with Crippen LogP contribution in [0.4, 0.5) is 0 Å². The van der Waals surface area contributed by atoms with Crippen molar-refractivity contribution in [2.75, 3.05) is 13.1 Å². The van der Waals surface area contributed by atoms with Gasteiger partial charge in [0.2, 0.25) is 17.7 Å². The third kappa shape index (κ3) is 6.60. The fourth-order valence-electron chi connectivity index (χ4n) is 4.86. The predicted octanol–water partition coefficient (Wildman–Crippen LogP) is 2.55. The van der Waals surface area contributed by atoms with Crippen LogP contribution in [0.2, 0.25) is 0 Å². The summed E-state index contributed by atoms with van der Waals surface area (Å²) in [6, 6.07) is 7.75. The summed E-state index contributed by atoms with van der Waals surface area (Å²) in [6.07, 6.45) is 0.436. The largest absolute Gasteiger partial charge is 0.386 e. The van der Waals surface area contributed by atoms with Gasteiger partial charge in [-0.25, -0.2) is 0 Å². The molecule has 1 fully saturated rings. The van der Waals surface area contributed by atoms with Crippen molar-refractivity contribution < 1.29 is 19.5 Å². The van der Waals surface area contributed by atoms with Gasteiger partial charge in [0.1, 0.15) is 12.1 Å². The Morgan fingerprint density at radius 3 is 2.17 bits per heavy atom. The molecule has 1 saturated heterocycles. The van der Waals surface area contributed by atoms with Gasteiger partial charge in [0.15, 0.2) is 5.43 Å². The molecule has 3 rings (SSSR count). The quantitative estimate of drug-likeness (QED) is 0.467. The van der Waals surface area contributed by atoms with Crippen molar-refractivity contribution in [3.63, 3.8) is 0 Å². The molecule has 8 nitrogen and oxygen atoms in total. The molecule has 3 atom stereocenters. The third-order valence-corrected chi connectivity index (χ3v) is 7.06. The number of aliphatic hydroxyl groups excluding tert-OH is 1. The standard InChI is InChI=1S/C28H39N3O5/c1-16(2)15-21(29-27(35)20-11-13-31(14-12-20)18(5)32)28(36)30-24(17(3)4)26(34)23-22(25(23)33)19-9-7-6-8-10-19/h6-10,16-17,20-21,24,26,34H,11-15H2,1-5H3,(H,29,35)(H,30,36)/t21-,24-,26-/m0/s1. The van der Waals surface area contributed by atoms with E-state index in [1.807, 2.05) is 58.0 Å². The Bertz CT molecular complexity index is 1060. The van der Waals surface area contributed by atoms with Gasteiger partial charge in [-0.1, -0.05) is 58.0 Å². The summed E-state index contributed by atoms with van der Waals surface area (Å²) in [5.74, 6) is -0.798. The first-order valence-electron chi connectivity index (χ1n) is 12.9. The van der Waals surface area contributed by atoms with Crippen LogP contribution in [0.5, 0.6) is 0 Å². The molecule has 36 heavy (non-hydrogen) atoms. The summed E-state index contributed by atoms with van der Waals surface area (Å²) in [4.78, 5) is 52.1. The zero-order valence-corrected chi connectivity index (χ0v) is 21.9. The molecule has 0 aromatic heterocycles. The normalized spacial score (nSPS) is 17.3. The minimum absolute atomic E-state index is 0.00360. The van der Waals surface area contributed by atoms with Gasteiger partial charge in [0.05, 0.1) is 6.04 Å². The maximum atomic E-state index is 13.3. The molecule has 0 bridgehead atoms. The molecular formula is C28H39N3O5. The van der Waals surface area contributed by atoms with Crippen molar-refractivity contribution in [3.8, 4) is 11.1 Å². The summed E-state index contributed by atoms with van der Waals surface area (Å²) < 4.78 is 0. The highest BCUT2D eigenvalue weighted by molar-refractivity contribution is 5.89. The Hall–Kier alpha value is -3.00. The molecule has 1 heterocycles. The van der Waals surface area contributed by atoms with Crippen molar-refractivity contribution in [1.82, 2.24) is 15.5 Å². The number of hydrogen-bond donors (Lipinski definition) is 3. The van der Waals surface area contributed by atoms with Gasteiger partial charge < -0.3 is 20.6 Å². The smallest absolute Gasteiger partial charge is 0.242 e. The molecular weight excluding hydrogens is 458 g/mol. The first-order chi connectivity index (χ1) is 17.0. The van der Waals surface area contributed by atoms with Crippen LogP contribution in [0.25, 0.3) is 11.1 Å². The van der Waals surface area contributed by atoms with Crippen LogP contribution < -0.4 is 16.1 Å². The van der Waals surface area contributed by atoms with Gasteiger partial charge in [-0.2, -0.15) is 0 Å². The van der Waals surface area contributed by atoms with E-state index in [4.69, 9.17) is 0 Å². The SMILES string of the molecule is CC(=O)N1CCC(C(=O)N[C@@H](CC(C)C)C(=O)N[C@@H](C(C)C)[C@@H](O)c2c(-c3ccccc3)c2=O)CC1. The van der Waals surface area contributed by atoms with Crippen LogP contribution in [0.15, 0.2) is 35.1 Å². The molecule has 0 aliphatic carbocycles. The van der Waals surface area contributed by atoms with Crippen molar-refractivity contribution >= 4 is 17.7 Å². The van der Waals surface area contributed by atoms with Crippen molar-refractivity contribution in [2.24, 2.45) is 17.8 Å². The van der Waals surface area contributed by atoms with Gasteiger partial charge in [0.25, 0.3) is 0 Å². The number of carbonyl (C=O) groups is 3. The molecule has 196 valence electrons. The predicted molar refractivity (Wildman–Crippen MR) is 139 cm³/mol. The number of rotatable bonds is 10. The monoisotopic (exact) mass is 497 g/mol. The number of benzene rings is 1. The van der Waals surface area contributed by atoms with Gasteiger partial charge in [-0.05, 0) is 36.7 Å². The first kappa shape index (κ1) is 27.6. The van der Waals surface area contributed by atoms with Crippen LogP contribution in [0.3, 0.4) is 0 Å². The second-order valence-corrected chi connectivity index (χ2v) is 10.7. The third-order valence-electron chi connectivity index (χ3n) is 7.06. The topological polar surface area (TPSA) is 116 Å². The van der Waals surface area contributed by atoms with E-state index in [0.717, 1.165) is 5.56 Å².